The van der Waals surface area contributed by atoms with Crippen LogP contribution in [0, 0.1) is 17.8 Å². The molecular formula is C24H35NO8. The molecule has 0 bridgehead atoms. The first-order valence-electron chi connectivity index (χ1n) is 11.0. The van der Waals surface area contributed by atoms with Crippen molar-refractivity contribution in [3.8, 4) is 11.5 Å². The fourth-order valence-corrected chi connectivity index (χ4v) is 2.46. The van der Waals surface area contributed by atoms with Crippen molar-refractivity contribution in [2.75, 3.05) is 20.3 Å². The van der Waals surface area contributed by atoms with Gasteiger partial charge in [-0.25, -0.2) is 0 Å². The number of hydrogen-bond donors (Lipinski definition) is 1. The highest BCUT2D eigenvalue weighted by Gasteiger charge is 2.22. The molecule has 0 saturated carbocycles. The molecule has 0 aliphatic rings. The van der Waals surface area contributed by atoms with Gasteiger partial charge in [0.25, 0.3) is 0 Å². The minimum absolute atomic E-state index is 0.0923. The molecule has 9 nitrogen and oxygen atoms in total. The summed E-state index contributed by atoms with van der Waals surface area (Å²) in [5, 5.41) is 3.01. The molecule has 0 unspecified atom stereocenters. The number of carbonyl (C=O) groups excluding carboxylic acids is 4. The van der Waals surface area contributed by atoms with Crippen molar-refractivity contribution >= 4 is 23.9 Å². The largest absolute Gasteiger partial charge is 0.468 e. The molecule has 184 valence electrons. The van der Waals surface area contributed by atoms with Crippen LogP contribution in [0.25, 0.3) is 0 Å². The van der Waals surface area contributed by atoms with E-state index in [9.17, 15) is 19.2 Å². The molecule has 0 heterocycles. The van der Waals surface area contributed by atoms with Crippen LogP contribution < -0.4 is 14.8 Å². The van der Waals surface area contributed by atoms with Gasteiger partial charge in [0.05, 0.1) is 24.9 Å². The Morgan fingerprint density at radius 3 is 1.85 bits per heavy atom. The van der Waals surface area contributed by atoms with E-state index in [2.05, 4.69) is 5.32 Å². The predicted molar refractivity (Wildman–Crippen MR) is 121 cm³/mol. The zero-order chi connectivity index (χ0) is 25.1. The molecule has 0 aliphatic carbocycles. The Morgan fingerprint density at radius 1 is 0.788 bits per heavy atom. The van der Waals surface area contributed by atoms with Crippen LogP contribution in [0.4, 0.5) is 0 Å². The summed E-state index contributed by atoms with van der Waals surface area (Å²) in [5.41, 5.74) is 0.646. The number of esters is 4. The number of rotatable bonds is 12. The summed E-state index contributed by atoms with van der Waals surface area (Å²) in [4.78, 5) is 48.0. The lowest BCUT2D eigenvalue weighted by Crippen LogP contribution is -2.41. The maximum absolute atomic E-state index is 12.2. The Hall–Kier alpha value is -2.94. The molecule has 0 spiro atoms. The molecule has 1 rings (SSSR count). The quantitative estimate of drug-likeness (QED) is 0.282. The van der Waals surface area contributed by atoms with Gasteiger partial charge >= 0.3 is 23.9 Å². The average molecular weight is 466 g/mol. The molecule has 1 aromatic carbocycles. The zero-order valence-corrected chi connectivity index (χ0v) is 20.4. The van der Waals surface area contributed by atoms with Crippen LogP contribution in [0.2, 0.25) is 0 Å². The average Bonchev–Trinajstić information content (AvgIpc) is 2.76. The van der Waals surface area contributed by atoms with Crippen molar-refractivity contribution in [1.29, 1.82) is 0 Å². The Bertz CT molecular complexity index is 832. The van der Waals surface area contributed by atoms with Gasteiger partial charge in [0.1, 0.15) is 12.6 Å². The molecule has 1 N–H and O–H groups in total. The summed E-state index contributed by atoms with van der Waals surface area (Å²) < 4.78 is 20.8. The van der Waals surface area contributed by atoms with Crippen LogP contribution in [0.5, 0.6) is 11.5 Å². The molecule has 0 aromatic heterocycles. The highest BCUT2D eigenvalue weighted by Crippen LogP contribution is 2.30. The van der Waals surface area contributed by atoms with E-state index < -0.39 is 23.9 Å². The molecule has 0 radical (unpaired) electrons. The maximum atomic E-state index is 12.2. The van der Waals surface area contributed by atoms with E-state index in [0.717, 1.165) is 0 Å². The predicted octanol–water partition coefficient (Wildman–Crippen LogP) is 2.68. The molecule has 1 aromatic rings. The van der Waals surface area contributed by atoms with Crippen LogP contribution >= 0.6 is 0 Å². The van der Waals surface area contributed by atoms with Gasteiger partial charge in [-0.15, -0.1) is 0 Å². The van der Waals surface area contributed by atoms with Gasteiger partial charge in [-0.2, -0.15) is 0 Å². The fraction of sp³-hybridized carbons (Fsp3) is 0.583. The summed E-state index contributed by atoms with van der Waals surface area (Å²) >= 11 is 0. The normalized spacial score (nSPS) is 11.9. The topological polar surface area (TPSA) is 117 Å². The van der Waals surface area contributed by atoms with E-state index in [1.54, 1.807) is 53.7 Å². The minimum Gasteiger partial charge on any atom is -0.468 e. The van der Waals surface area contributed by atoms with Crippen molar-refractivity contribution in [3.63, 3.8) is 0 Å². The van der Waals surface area contributed by atoms with Gasteiger partial charge in [0.2, 0.25) is 0 Å². The Kier molecular flexibility index (Phi) is 11.6. The third kappa shape index (κ3) is 9.61. The minimum atomic E-state index is -0.731. The van der Waals surface area contributed by atoms with E-state index in [4.69, 9.17) is 18.9 Å². The van der Waals surface area contributed by atoms with E-state index >= 15 is 0 Å². The molecule has 0 aliphatic heterocycles. The van der Waals surface area contributed by atoms with Crippen LogP contribution in [-0.4, -0.2) is 50.2 Å². The van der Waals surface area contributed by atoms with E-state index in [-0.39, 0.29) is 54.8 Å². The second-order valence-corrected chi connectivity index (χ2v) is 8.49. The molecule has 1 atom stereocenters. The Labute approximate surface area is 195 Å². The van der Waals surface area contributed by atoms with E-state index in [1.807, 2.05) is 0 Å². The highest BCUT2D eigenvalue weighted by atomic mass is 16.6. The van der Waals surface area contributed by atoms with Crippen molar-refractivity contribution < 1.29 is 38.1 Å². The molecule has 0 saturated heterocycles. The van der Waals surface area contributed by atoms with Gasteiger partial charge in [-0.3, -0.25) is 19.2 Å². The smallest absolute Gasteiger partial charge is 0.323 e. The second-order valence-electron chi connectivity index (χ2n) is 8.49. The molecule has 9 heteroatoms. The maximum Gasteiger partial charge on any atom is 0.323 e. The Balaban J connectivity index is 3.01. The van der Waals surface area contributed by atoms with Crippen molar-refractivity contribution in [1.82, 2.24) is 5.32 Å². The number of carbonyl (C=O) groups is 4. The molecular weight excluding hydrogens is 430 g/mol. The molecule has 0 fully saturated rings. The highest BCUT2D eigenvalue weighted by molar-refractivity contribution is 5.78. The fourth-order valence-electron chi connectivity index (χ4n) is 2.46. The molecule has 33 heavy (non-hydrogen) atoms. The SMILES string of the molecule is COC(=O)[C@H](Cc1ccc(OC(=O)C(C)C)c(OC(=O)C(C)C)c1)NCCOC(=O)C(C)C. The van der Waals surface area contributed by atoms with Crippen LogP contribution in [0.1, 0.15) is 47.1 Å². The lowest BCUT2D eigenvalue weighted by Gasteiger charge is -2.18. The third-order valence-corrected chi connectivity index (χ3v) is 4.51. The number of hydrogen-bond acceptors (Lipinski definition) is 9. The van der Waals surface area contributed by atoms with Crippen LogP contribution in [-0.2, 0) is 35.1 Å². The van der Waals surface area contributed by atoms with Crippen molar-refractivity contribution in [2.24, 2.45) is 17.8 Å². The lowest BCUT2D eigenvalue weighted by atomic mass is 10.0. The first-order valence-corrected chi connectivity index (χ1v) is 11.0. The number of nitrogens with one attached hydrogen (secondary N) is 1. The summed E-state index contributed by atoms with van der Waals surface area (Å²) in [6.07, 6.45) is 0.204. The zero-order valence-electron chi connectivity index (χ0n) is 20.4. The van der Waals surface area contributed by atoms with Gasteiger partial charge in [0.15, 0.2) is 11.5 Å². The summed E-state index contributed by atoms with van der Waals surface area (Å²) in [6, 6.07) is 4.02. The van der Waals surface area contributed by atoms with Crippen LogP contribution in [0.3, 0.4) is 0 Å². The van der Waals surface area contributed by atoms with Gasteiger partial charge in [0, 0.05) is 6.54 Å². The number of methoxy groups -OCH3 is 1. The standard InChI is InChI=1S/C24H35NO8/c1-14(2)21(26)31-11-10-25-18(24(29)30-7)12-17-8-9-19(32-22(27)15(3)4)20(13-17)33-23(28)16(5)6/h8-9,13-16,18,25H,10-12H2,1-7H3/t18-/m0/s1. The van der Waals surface area contributed by atoms with Crippen LogP contribution in [0.15, 0.2) is 18.2 Å². The van der Waals surface area contributed by atoms with Crippen molar-refractivity contribution in [3.05, 3.63) is 23.8 Å². The molecule has 0 amide bonds. The van der Waals surface area contributed by atoms with E-state index in [1.165, 1.54) is 13.2 Å². The van der Waals surface area contributed by atoms with E-state index in [0.29, 0.717) is 5.56 Å². The number of ether oxygens (including phenoxy) is 4. The summed E-state index contributed by atoms with van der Waals surface area (Å²) in [6.45, 7) is 10.6. The van der Waals surface area contributed by atoms with Gasteiger partial charge in [-0.05, 0) is 24.1 Å². The first-order chi connectivity index (χ1) is 15.5. The van der Waals surface area contributed by atoms with Gasteiger partial charge in [-0.1, -0.05) is 47.6 Å². The van der Waals surface area contributed by atoms with Crippen molar-refractivity contribution in [2.45, 2.75) is 54.0 Å². The lowest BCUT2D eigenvalue weighted by molar-refractivity contribution is -0.147. The second kappa shape index (κ2) is 13.6. The number of benzene rings is 1. The third-order valence-electron chi connectivity index (χ3n) is 4.51. The van der Waals surface area contributed by atoms with Gasteiger partial charge < -0.3 is 24.3 Å². The Morgan fingerprint density at radius 2 is 1.33 bits per heavy atom. The first kappa shape index (κ1) is 28.1. The monoisotopic (exact) mass is 465 g/mol. The summed E-state index contributed by atoms with van der Waals surface area (Å²) in [7, 11) is 1.28. The summed E-state index contributed by atoms with van der Waals surface area (Å²) in [5.74, 6) is -2.55.